The van der Waals surface area contributed by atoms with E-state index >= 15 is 0 Å². The molecule has 0 saturated heterocycles. The van der Waals surface area contributed by atoms with Crippen LogP contribution in [0.15, 0.2) is 41.4 Å². The number of hydrogen-bond donors (Lipinski definition) is 2. The van der Waals surface area contributed by atoms with Crippen molar-refractivity contribution in [3.8, 4) is 17.2 Å². The molecular formula is C21H29FIN3O3. The first kappa shape index (κ1) is 24.8. The topological polar surface area (TPSA) is 64.1 Å². The lowest BCUT2D eigenvalue weighted by molar-refractivity contribution is 0.322. The smallest absolute Gasteiger partial charge is 0.203 e. The number of rotatable bonds is 9. The van der Waals surface area contributed by atoms with Gasteiger partial charge in [0.15, 0.2) is 17.5 Å². The number of aliphatic imine (C=N–C) groups is 1. The van der Waals surface area contributed by atoms with Crippen molar-refractivity contribution in [3.63, 3.8) is 0 Å². The van der Waals surface area contributed by atoms with Gasteiger partial charge in [0, 0.05) is 25.7 Å². The normalized spacial score (nSPS) is 10.7. The van der Waals surface area contributed by atoms with Crippen molar-refractivity contribution >= 4 is 29.9 Å². The summed E-state index contributed by atoms with van der Waals surface area (Å²) in [5, 5.41) is 6.54. The van der Waals surface area contributed by atoms with Gasteiger partial charge in [-0.05, 0) is 36.6 Å². The Hall–Kier alpha value is -2.23. The molecule has 8 heteroatoms. The molecule has 2 aromatic rings. The van der Waals surface area contributed by atoms with Crippen LogP contribution in [-0.2, 0) is 12.8 Å². The molecule has 0 radical (unpaired) electrons. The molecule has 0 unspecified atom stereocenters. The second-order valence-corrected chi connectivity index (χ2v) is 6.05. The van der Waals surface area contributed by atoms with Crippen molar-refractivity contribution in [3.05, 3.63) is 53.3 Å². The number of hydrogen-bond acceptors (Lipinski definition) is 4. The van der Waals surface area contributed by atoms with Gasteiger partial charge in [0.1, 0.15) is 5.82 Å². The van der Waals surface area contributed by atoms with E-state index in [-0.39, 0.29) is 29.8 Å². The zero-order valence-corrected chi connectivity index (χ0v) is 19.6. The van der Waals surface area contributed by atoms with Crippen LogP contribution in [-0.4, -0.2) is 47.4 Å². The van der Waals surface area contributed by atoms with Crippen LogP contribution < -0.4 is 24.8 Å². The summed E-state index contributed by atoms with van der Waals surface area (Å²) >= 11 is 0. The quantitative estimate of drug-likeness (QED) is 0.303. The minimum absolute atomic E-state index is 0. The maximum absolute atomic E-state index is 12.9. The van der Waals surface area contributed by atoms with E-state index < -0.39 is 0 Å². The number of nitrogens with zero attached hydrogens (tertiary/aromatic N) is 1. The van der Waals surface area contributed by atoms with Crippen LogP contribution in [0.2, 0.25) is 0 Å². The predicted octanol–water partition coefficient (Wildman–Crippen LogP) is 3.42. The fourth-order valence-corrected chi connectivity index (χ4v) is 2.87. The number of ether oxygens (including phenoxy) is 3. The van der Waals surface area contributed by atoms with E-state index in [1.807, 2.05) is 12.1 Å². The predicted molar refractivity (Wildman–Crippen MR) is 125 cm³/mol. The van der Waals surface area contributed by atoms with Gasteiger partial charge in [-0.2, -0.15) is 0 Å². The van der Waals surface area contributed by atoms with Crippen LogP contribution in [0.1, 0.15) is 11.1 Å². The van der Waals surface area contributed by atoms with Gasteiger partial charge in [-0.1, -0.05) is 18.2 Å². The molecule has 0 spiro atoms. The van der Waals surface area contributed by atoms with Gasteiger partial charge < -0.3 is 24.8 Å². The summed E-state index contributed by atoms with van der Waals surface area (Å²) in [6, 6.07) is 10.4. The summed E-state index contributed by atoms with van der Waals surface area (Å²) in [6.45, 7) is 1.37. The maximum Gasteiger partial charge on any atom is 0.203 e. The van der Waals surface area contributed by atoms with E-state index in [0.29, 0.717) is 36.3 Å². The third kappa shape index (κ3) is 7.26. The van der Waals surface area contributed by atoms with Gasteiger partial charge in [0.2, 0.25) is 5.75 Å². The zero-order chi connectivity index (χ0) is 20.4. The van der Waals surface area contributed by atoms with Crippen LogP contribution in [0, 0.1) is 5.82 Å². The zero-order valence-electron chi connectivity index (χ0n) is 17.3. The Balaban J connectivity index is 0.00000420. The van der Waals surface area contributed by atoms with Crippen LogP contribution in [0.25, 0.3) is 0 Å². The highest BCUT2D eigenvalue weighted by molar-refractivity contribution is 14.0. The van der Waals surface area contributed by atoms with Crippen molar-refractivity contribution < 1.29 is 18.6 Å². The number of benzene rings is 2. The summed E-state index contributed by atoms with van der Waals surface area (Å²) in [6.07, 6.45) is 1.51. The molecule has 160 valence electrons. The highest BCUT2D eigenvalue weighted by Crippen LogP contribution is 2.39. The van der Waals surface area contributed by atoms with E-state index in [1.165, 1.54) is 12.1 Å². The first-order valence-corrected chi connectivity index (χ1v) is 9.09. The van der Waals surface area contributed by atoms with Gasteiger partial charge in [-0.25, -0.2) is 4.39 Å². The van der Waals surface area contributed by atoms with Gasteiger partial charge in [0.05, 0.1) is 21.3 Å². The van der Waals surface area contributed by atoms with Crippen molar-refractivity contribution in [2.75, 3.05) is 41.5 Å². The molecule has 0 bridgehead atoms. The summed E-state index contributed by atoms with van der Waals surface area (Å²) in [4.78, 5) is 4.23. The van der Waals surface area contributed by atoms with Gasteiger partial charge >= 0.3 is 0 Å². The molecule has 0 heterocycles. The number of methoxy groups -OCH3 is 3. The van der Waals surface area contributed by atoms with Crippen LogP contribution >= 0.6 is 24.0 Å². The second kappa shape index (κ2) is 13.1. The molecule has 0 aliphatic rings. The number of guanidine groups is 1. The van der Waals surface area contributed by atoms with E-state index in [4.69, 9.17) is 14.2 Å². The molecular weight excluding hydrogens is 488 g/mol. The molecule has 29 heavy (non-hydrogen) atoms. The number of nitrogens with one attached hydrogen (secondary N) is 2. The minimum Gasteiger partial charge on any atom is -0.493 e. The first-order chi connectivity index (χ1) is 13.6. The lowest BCUT2D eigenvalue weighted by atomic mass is 10.1. The van der Waals surface area contributed by atoms with Crippen LogP contribution in [0.3, 0.4) is 0 Å². The minimum atomic E-state index is -0.222. The highest BCUT2D eigenvalue weighted by atomic mass is 127. The third-order valence-electron chi connectivity index (χ3n) is 4.32. The monoisotopic (exact) mass is 517 g/mol. The lowest BCUT2D eigenvalue weighted by Crippen LogP contribution is -2.39. The molecule has 0 saturated carbocycles. The van der Waals surface area contributed by atoms with E-state index in [0.717, 1.165) is 24.0 Å². The molecule has 0 atom stereocenters. The molecule has 2 N–H and O–H groups in total. The van der Waals surface area contributed by atoms with E-state index in [1.54, 1.807) is 40.5 Å². The Morgan fingerprint density at radius 2 is 1.48 bits per heavy atom. The molecule has 6 nitrogen and oxygen atoms in total. The number of halogens is 2. The summed E-state index contributed by atoms with van der Waals surface area (Å²) in [5.41, 5.74) is 2.08. The van der Waals surface area contributed by atoms with E-state index in [2.05, 4.69) is 15.6 Å². The van der Waals surface area contributed by atoms with E-state index in [9.17, 15) is 4.39 Å². The lowest BCUT2D eigenvalue weighted by Gasteiger charge is -2.16. The largest absolute Gasteiger partial charge is 0.493 e. The average molecular weight is 517 g/mol. The summed E-state index contributed by atoms with van der Waals surface area (Å²) in [7, 11) is 6.53. The maximum atomic E-state index is 12.9. The molecule has 0 aromatic heterocycles. The molecule has 0 amide bonds. The third-order valence-corrected chi connectivity index (χ3v) is 4.32. The molecule has 2 aromatic carbocycles. The second-order valence-electron chi connectivity index (χ2n) is 6.05. The standard InChI is InChI=1S/C21H28FN3O3.HI/c1-23-21(24-13-11-15-5-8-17(22)9-6-15)25-14-12-16-7-10-18(26-2)20(28-4)19(16)27-3;/h5-10H,11-14H2,1-4H3,(H2,23,24,25);1H. The van der Waals surface area contributed by atoms with Crippen molar-refractivity contribution in [2.24, 2.45) is 4.99 Å². The fraction of sp³-hybridized carbons (Fsp3) is 0.381. The van der Waals surface area contributed by atoms with Gasteiger partial charge in [0.25, 0.3) is 0 Å². The fourth-order valence-electron chi connectivity index (χ4n) is 2.87. The Bertz CT molecular complexity index is 785. The SMILES string of the molecule is CN=C(NCCc1ccc(F)cc1)NCCc1ccc(OC)c(OC)c1OC.I. The molecule has 2 rings (SSSR count). The molecule has 0 aliphatic heterocycles. The summed E-state index contributed by atoms with van der Waals surface area (Å²) in [5.74, 6) is 2.38. The van der Waals surface area contributed by atoms with Crippen LogP contribution in [0.5, 0.6) is 17.2 Å². The Kier molecular flexibility index (Phi) is 11.2. The average Bonchev–Trinajstić information content (AvgIpc) is 2.73. The Morgan fingerprint density at radius 1 is 0.862 bits per heavy atom. The van der Waals surface area contributed by atoms with Crippen molar-refractivity contribution in [1.29, 1.82) is 0 Å². The Morgan fingerprint density at radius 3 is 2.03 bits per heavy atom. The van der Waals surface area contributed by atoms with Crippen LogP contribution in [0.4, 0.5) is 4.39 Å². The van der Waals surface area contributed by atoms with Crippen molar-refractivity contribution in [2.45, 2.75) is 12.8 Å². The summed E-state index contributed by atoms with van der Waals surface area (Å²) < 4.78 is 29.2. The van der Waals surface area contributed by atoms with Gasteiger partial charge in [-0.15, -0.1) is 24.0 Å². The van der Waals surface area contributed by atoms with Crippen molar-refractivity contribution in [1.82, 2.24) is 10.6 Å². The first-order valence-electron chi connectivity index (χ1n) is 9.09. The van der Waals surface area contributed by atoms with Gasteiger partial charge in [-0.3, -0.25) is 4.99 Å². The Labute approximate surface area is 188 Å². The highest BCUT2D eigenvalue weighted by Gasteiger charge is 2.15. The molecule has 0 aliphatic carbocycles. The molecule has 0 fully saturated rings.